The Kier molecular flexibility index (Phi) is 5.75. The van der Waals surface area contributed by atoms with Gasteiger partial charge in [0.15, 0.2) is 18.2 Å². The van der Waals surface area contributed by atoms with Crippen LogP contribution in [0.5, 0.6) is 11.5 Å². The topological polar surface area (TPSA) is 99.2 Å². The van der Waals surface area contributed by atoms with Gasteiger partial charge in [0.25, 0.3) is 15.9 Å². The summed E-state index contributed by atoms with van der Waals surface area (Å²) in [4.78, 5) is 25.8. The molecule has 0 aliphatic carbocycles. The molecule has 1 aliphatic heterocycles. The van der Waals surface area contributed by atoms with E-state index in [9.17, 15) is 18.0 Å². The maximum absolute atomic E-state index is 13.2. The zero-order valence-corrected chi connectivity index (χ0v) is 19.4. The summed E-state index contributed by atoms with van der Waals surface area (Å²) in [6, 6.07) is 13.7. The highest BCUT2D eigenvalue weighted by Gasteiger charge is 2.46. The van der Waals surface area contributed by atoms with E-state index in [0.29, 0.717) is 21.0 Å². The molecular formula is C24H23NO7S. The van der Waals surface area contributed by atoms with Gasteiger partial charge in [-0.15, -0.1) is 0 Å². The molecule has 1 heterocycles. The van der Waals surface area contributed by atoms with E-state index in [1.165, 1.54) is 20.3 Å². The lowest BCUT2D eigenvalue weighted by molar-refractivity contribution is 0.0359. The zero-order chi connectivity index (χ0) is 23.9. The van der Waals surface area contributed by atoms with Crippen LogP contribution in [0.15, 0.2) is 53.4 Å². The Hall–Kier alpha value is -3.59. The third-order valence-corrected chi connectivity index (χ3v) is 7.31. The summed E-state index contributed by atoms with van der Waals surface area (Å²) in [5.74, 6) is -1.25. The highest BCUT2D eigenvalue weighted by atomic mass is 32.2. The Balaban J connectivity index is 1.70. The van der Waals surface area contributed by atoms with Crippen LogP contribution in [0.4, 0.5) is 0 Å². The smallest absolute Gasteiger partial charge is 0.340 e. The summed E-state index contributed by atoms with van der Waals surface area (Å²) in [5, 5.41) is 1.51. The third-order valence-electron chi connectivity index (χ3n) is 5.58. The minimum atomic E-state index is -4.26. The Labute approximate surface area is 191 Å². The van der Waals surface area contributed by atoms with Crippen LogP contribution in [-0.2, 0) is 14.8 Å². The fourth-order valence-corrected chi connectivity index (χ4v) is 5.50. The van der Waals surface area contributed by atoms with Crippen molar-refractivity contribution < 1.29 is 32.2 Å². The number of benzene rings is 3. The molecule has 0 radical (unpaired) electrons. The Bertz CT molecular complexity index is 1370. The van der Waals surface area contributed by atoms with Gasteiger partial charge >= 0.3 is 5.97 Å². The molecule has 1 aliphatic rings. The van der Waals surface area contributed by atoms with Crippen LogP contribution in [0.3, 0.4) is 0 Å². The van der Waals surface area contributed by atoms with E-state index in [4.69, 9.17) is 14.2 Å². The van der Waals surface area contributed by atoms with Crippen molar-refractivity contribution in [2.24, 2.45) is 0 Å². The molecule has 8 nitrogen and oxygen atoms in total. The number of methoxy groups -OCH3 is 2. The van der Waals surface area contributed by atoms with Crippen molar-refractivity contribution in [2.75, 3.05) is 21.0 Å². The van der Waals surface area contributed by atoms with Gasteiger partial charge in [-0.1, -0.05) is 50.2 Å². The summed E-state index contributed by atoms with van der Waals surface area (Å²) in [5.41, 5.74) is 0.702. The summed E-state index contributed by atoms with van der Waals surface area (Å²) < 4.78 is 43.0. The molecule has 3 aromatic carbocycles. The van der Waals surface area contributed by atoms with Crippen LogP contribution in [0.25, 0.3) is 10.8 Å². The lowest BCUT2D eigenvalue weighted by atomic mass is 9.95. The second-order valence-corrected chi connectivity index (χ2v) is 9.63. The predicted molar refractivity (Wildman–Crippen MR) is 121 cm³/mol. The van der Waals surface area contributed by atoms with Gasteiger partial charge in [0.05, 0.1) is 25.3 Å². The Morgan fingerprint density at radius 3 is 2.39 bits per heavy atom. The average Bonchev–Trinajstić information content (AvgIpc) is 3.00. The van der Waals surface area contributed by atoms with E-state index in [-0.39, 0.29) is 27.7 Å². The quantitative estimate of drug-likeness (QED) is 0.504. The van der Waals surface area contributed by atoms with Gasteiger partial charge in [-0.25, -0.2) is 13.2 Å². The molecule has 0 saturated carbocycles. The minimum Gasteiger partial charge on any atom is -0.493 e. The van der Waals surface area contributed by atoms with Crippen molar-refractivity contribution in [1.29, 1.82) is 0 Å². The summed E-state index contributed by atoms with van der Waals surface area (Å²) in [6.07, 6.45) is 0. The van der Waals surface area contributed by atoms with Crippen molar-refractivity contribution in [1.82, 2.24) is 4.31 Å². The van der Waals surface area contributed by atoms with Gasteiger partial charge in [-0.3, -0.25) is 4.79 Å². The second kappa shape index (κ2) is 8.40. The first-order valence-corrected chi connectivity index (χ1v) is 11.7. The van der Waals surface area contributed by atoms with E-state index in [1.807, 2.05) is 32.0 Å². The number of sulfonamides is 1. The molecule has 0 N–H and O–H groups in total. The molecule has 3 aromatic rings. The van der Waals surface area contributed by atoms with Crippen LogP contribution < -0.4 is 9.47 Å². The molecule has 33 heavy (non-hydrogen) atoms. The van der Waals surface area contributed by atoms with Crippen molar-refractivity contribution >= 4 is 32.7 Å². The predicted octanol–water partition coefficient (Wildman–Crippen LogP) is 3.94. The molecule has 0 fully saturated rings. The van der Waals surface area contributed by atoms with E-state index >= 15 is 0 Å². The van der Waals surface area contributed by atoms with Crippen molar-refractivity contribution in [3.05, 3.63) is 65.2 Å². The highest BCUT2D eigenvalue weighted by Crippen LogP contribution is 2.45. The van der Waals surface area contributed by atoms with Crippen molar-refractivity contribution in [3.8, 4) is 11.5 Å². The summed E-state index contributed by atoms with van der Waals surface area (Å²) in [6.45, 7) is 2.89. The van der Waals surface area contributed by atoms with Gasteiger partial charge in [-0.05, 0) is 22.8 Å². The average molecular weight is 470 g/mol. The minimum absolute atomic E-state index is 0.00357. The molecule has 4 rings (SSSR count). The van der Waals surface area contributed by atoms with E-state index in [1.54, 1.807) is 24.3 Å². The molecule has 1 amide bonds. The van der Waals surface area contributed by atoms with Crippen LogP contribution in [0.1, 0.15) is 46.0 Å². The maximum atomic E-state index is 13.2. The van der Waals surface area contributed by atoms with Gasteiger partial charge in [0.1, 0.15) is 4.90 Å². The number of fused-ring (bicyclic) bond motifs is 2. The van der Waals surface area contributed by atoms with Gasteiger partial charge < -0.3 is 14.2 Å². The van der Waals surface area contributed by atoms with Crippen molar-refractivity contribution in [3.63, 3.8) is 0 Å². The number of hydrogen-bond acceptors (Lipinski definition) is 7. The number of ether oxygens (including phenoxy) is 3. The van der Waals surface area contributed by atoms with Gasteiger partial charge in [-0.2, -0.15) is 4.31 Å². The first-order chi connectivity index (χ1) is 15.7. The van der Waals surface area contributed by atoms with E-state index < -0.39 is 28.6 Å². The molecule has 0 unspecified atom stereocenters. The lowest BCUT2D eigenvalue weighted by Crippen LogP contribution is -2.33. The fourth-order valence-electron chi connectivity index (χ4n) is 4.05. The molecular weight excluding hydrogens is 446 g/mol. The monoisotopic (exact) mass is 469 g/mol. The summed E-state index contributed by atoms with van der Waals surface area (Å²) >= 11 is 0. The molecule has 0 bridgehead atoms. The zero-order valence-electron chi connectivity index (χ0n) is 18.6. The molecule has 0 atom stereocenters. The molecule has 0 aromatic heterocycles. The van der Waals surface area contributed by atoms with Crippen LogP contribution in [0.2, 0.25) is 0 Å². The number of rotatable bonds is 6. The van der Waals surface area contributed by atoms with Gasteiger partial charge in [0.2, 0.25) is 0 Å². The molecule has 172 valence electrons. The highest BCUT2D eigenvalue weighted by molar-refractivity contribution is 7.90. The Morgan fingerprint density at radius 1 is 1.03 bits per heavy atom. The standard InChI is InChI=1S/C24H23NO7S/c1-14(2)20-21-19(12-18(30-3)22(20)31-4)33(28,29)25(23(21)26)13-32-24(27)17-11-7-9-15-8-5-6-10-16(15)17/h5-12,14H,13H2,1-4H3. The molecule has 0 saturated heterocycles. The summed E-state index contributed by atoms with van der Waals surface area (Å²) in [7, 11) is -1.44. The number of carbonyl (C=O) groups is 2. The Morgan fingerprint density at radius 2 is 1.73 bits per heavy atom. The van der Waals surface area contributed by atoms with Crippen LogP contribution in [0, 0.1) is 0 Å². The number of carbonyl (C=O) groups excluding carboxylic acids is 2. The third kappa shape index (κ3) is 3.58. The largest absolute Gasteiger partial charge is 0.493 e. The van der Waals surface area contributed by atoms with Gasteiger partial charge in [0, 0.05) is 11.6 Å². The van der Waals surface area contributed by atoms with E-state index in [2.05, 4.69) is 0 Å². The number of hydrogen-bond donors (Lipinski definition) is 0. The van der Waals surface area contributed by atoms with Crippen molar-refractivity contribution in [2.45, 2.75) is 24.7 Å². The first-order valence-electron chi connectivity index (χ1n) is 10.2. The normalized spacial score (nSPS) is 14.5. The molecule has 9 heteroatoms. The number of nitrogens with zero attached hydrogens (tertiary/aromatic N) is 1. The van der Waals surface area contributed by atoms with Crippen LogP contribution >= 0.6 is 0 Å². The second-order valence-electron chi connectivity index (χ2n) is 7.80. The lowest BCUT2D eigenvalue weighted by Gasteiger charge is -2.17. The van der Waals surface area contributed by atoms with Crippen LogP contribution in [-0.4, -0.2) is 45.5 Å². The van der Waals surface area contributed by atoms with E-state index in [0.717, 1.165) is 5.39 Å². The maximum Gasteiger partial charge on any atom is 0.340 e. The number of esters is 1. The SMILES string of the molecule is COc1cc2c(c(C(C)C)c1OC)C(=O)N(COC(=O)c1cccc3ccccc13)S2(=O)=O. The first kappa shape index (κ1) is 22.6. The number of amides is 1. The molecule has 0 spiro atoms. The fraction of sp³-hybridized carbons (Fsp3) is 0.250.